The van der Waals surface area contributed by atoms with E-state index in [0.717, 1.165) is 60.3 Å². The minimum atomic E-state index is -0.659. The van der Waals surface area contributed by atoms with Crippen LogP contribution in [0.3, 0.4) is 0 Å². The van der Waals surface area contributed by atoms with Crippen LogP contribution in [0, 0.1) is 5.92 Å². The van der Waals surface area contributed by atoms with Crippen LogP contribution >= 0.6 is 0 Å². The molecule has 1 atom stereocenters. The minimum absolute atomic E-state index is 0.220. The molecule has 4 aromatic rings. The van der Waals surface area contributed by atoms with Crippen molar-refractivity contribution in [1.29, 1.82) is 0 Å². The van der Waals surface area contributed by atoms with E-state index in [1.54, 1.807) is 6.26 Å². The third-order valence-corrected chi connectivity index (χ3v) is 7.12. The van der Waals surface area contributed by atoms with Crippen LogP contribution in [0.15, 0.2) is 88.0 Å². The van der Waals surface area contributed by atoms with Crippen LogP contribution < -0.4 is 4.90 Å². The van der Waals surface area contributed by atoms with E-state index < -0.39 is 6.10 Å². The average molecular weight is 516 g/mol. The summed E-state index contributed by atoms with van der Waals surface area (Å²) in [6.07, 6.45) is 3.24. The lowest BCUT2D eigenvalue weighted by Gasteiger charge is -2.31. The zero-order chi connectivity index (χ0) is 26.2. The maximum atomic E-state index is 10.9. The number of benzene rings is 2. The normalized spacial score (nSPS) is 15.3. The molecule has 0 amide bonds. The lowest BCUT2D eigenvalue weighted by Crippen LogP contribution is -2.36. The van der Waals surface area contributed by atoms with E-state index in [-0.39, 0.29) is 6.61 Å². The van der Waals surface area contributed by atoms with Crippen LogP contribution in [0.5, 0.6) is 0 Å². The molecule has 7 heteroatoms. The lowest BCUT2D eigenvalue weighted by atomic mass is 9.98. The van der Waals surface area contributed by atoms with Gasteiger partial charge in [0.05, 0.1) is 24.5 Å². The molecule has 1 saturated heterocycles. The monoisotopic (exact) mass is 515 g/mol. The Morgan fingerprint density at radius 1 is 1.00 bits per heavy atom. The standard InChI is InChI=1S/C31H37N3O4/c1-24-14-16-34(17-15-24)31-29(30(32-38-31)26-11-6-3-7-12-26)21-33(19-25-9-4-2-5-10-25)20-27(35)22-36-23-28-13-8-18-37-28/h2-13,18,24,27,35H,14-17,19-23H2,1H3. The summed E-state index contributed by atoms with van der Waals surface area (Å²) in [6.45, 7) is 6.51. The second kappa shape index (κ2) is 12.9. The van der Waals surface area contributed by atoms with E-state index in [1.165, 1.54) is 5.56 Å². The molecule has 1 aliphatic rings. The van der Waals surface area contributed by atoms with Gasteiger partial charge in [0.2, 0.25) is 5.88 Å². The molecule has 0 aliphatic carbocycles. The molecular formula is C31H37N3O4. The smallest absolute Gasteiger partial charge is 0.232 e. The highest BCUT2D eigenvalue weighted by molar-refractivity contribution is 5.68. The average Bonchev–Trinajstić information content (AvgIpc) is 3.61. The summed E-state index contributed by atoms with van der Waals surface area (Å²) in [5, 5.41) is 15.5. The Labute approximate surface area is 224 Å². The number of anilines is 1. The number of furan rings is 1. The highest BCUT2D eigenvalue weighted by Gasteiger charge is 2.27. The van der Waals surface area contributed by atoms with Crippen LogP contribution in [-0.4, -0.2) is 47.5 Å². The van der Waals surface area contributed by atoms with Crippen molar-refractivity contribution in [2.45, 2.75) is 45.6 Å². The van der Waals surface area contributed by atoms with Gasteiger partial charge in [0, 0.05) is 38.3 Å². The Balaban J connectivity index is 1.37. The third-order valence-electron chi connectivity index (χ3n) is 7.12. The number of piperidine rings is 1. The Kier molecular flexibility index (Phi) is 8.91. The van der Waals surface area contributed by atoms with E-state index in [9.17, 15) is 5.11 Å². The Morgan fingerprint density at radius 3 is 2.45 bits per heavy atom. The van der Waals surface area contributed by atoms with Gasteiger partial charge in [-0.05, 0) is 36.5 Å². The maximum absolute atomic E-state index is 10.9. The summed E-state index contributed by atoms with van der Waals surface area (Å²) in [5.41, 5.74) is 4.14. The fraction of sp³-hybridized carbons (Fsp3) is 0.387. The second-order valence-electron chi connectivity index (χ2n) is 10.3. The molecule has 3 heterocycles. The summed E-state index contributed by atoms with van der Waals surface area (Å²) in [5.74, 6) is 2.31. The van der Waals surface area contributed by atoms with E-state index in [2.05, 4.69) is 46.1 Å². The molecular weight excluding hydrogens is 478 g/mol. The van der Waals surface area contributed by atoms with E-state index >= 15 is 0 Å². The molecule has 1 aliphatic heterocycles. The summed E-state index contributed by atoms with van der Waals surface area (Å²) in [6, 6.07) is 24.3. The van der Waals surface area contributed by atoms with Gasteiger partial charge in [-0.3, -0.25) is 4.90 Å². The first-order valence-corrected chi connectivity index (χ1v) is 13.5. The highest BCUT2D eigenvalue weighted by atomic mass is 16.5. The van der Waals surface area contributed by atoms with Crippen molar-refractivity contribution in [2.75, 3.05) is 31.1 Å². The zero-order valence-electron chi connectivity index (χ0n) is 22.0. The quantitative estimate of drug-likeness (QED) is 0.257. The first-order valence-electron chi connectivity index (χ1n) is 13.5. The van der Waals surface area contributed by atoms with Gasteiger partial charge in [0.1, 0.15) is 18.1 Å². The highest BCUT2D eigenvalue weighted by Crippen LogP contribution is 2.34. The molecule has 5 rings (SSSR count). The lowest BCUT2D eigenvalue weighted by molar-refractivity contribution is 0.00255. The summed E-state index contributed by atoms with van der Waals surface area (Å²) in [4.78, 5) is 4.59. The molecule has 2 aromatic carbocycles. The summed E-state index contributed by atoms with van der Waals surface area (Å²) in [7, 11) is 0. The zero-order valence-corrected chi connectivity index (χ0v) is 22.0. The first kappa shape index (κ1) is 26.2. The van der Waals surface area contributed by atoms with Crippen LogP contribution in [0.25, 0.3) is 11.3 Å². The summed E-state index contributed by atoms with van der Waals surface area (Å²) >= 11 is 0. The molecule has 0 bridgehead atoms. The van der Waals surface area contributed by atoms with Crippen LogP contribution in [0.4, 0.5) is 5.88 Å². The van der Waals surface area contributed by atoms with Gasteiger partial charge in [0.25, 0.3) is 0 Å². The molecule has 0 radical (unpaired) electrons. The van der Waals surface area contributed by atoms with Crippen LogP contribution in [0.2, 0.25) is 0 Å². The largest absolute Gasteiger partial charge is 0.467 e. The van der Waals surface area contributed by atoms with Gasteiger partial charge >= 0.3 is 0 Å². The van der Waals surface area contributed by atoms with Gasteiger partial charge in [-0.15, -0.1) is 0 Å². The number of aliphatic hydroxyl groups is 1. The van der Waals surface area contributed by atoms with Crippen LogP contribution in [0.1, 0.15) is 36.7 Å². The van der Waals surface area contributed by atoms with Crippen LogP contribution in [-0.2, 0) is 24.4 Å². The maximum Gasteiger partial charge on any atom is 0.232 e. The minimum Gasteiger partial charge on any atom is -0.467 e. The van der Waals surface area contributed by atoms with Crippen molar-refractivity contribution in [1.82, 2.24) is 10.1 Å². The molecule has 1 fully saturated rings. The van der Waals surface area contributed by atoms with Gasteiger partial charge in [-0.25, -0.2) is 0 Å². The number of aromatic nitrogens is 1. The van der Waals surface area contributed by atoms with Crippen molar-refractivity contribution >= 4 is 5.88 Å². The molecule has 0 saturated carbocycles. The summed E-state index contributed by atoms with van der Waals surface area (Å²) < 4.78 is 17.1. The number of aliphatic hydroxyl groups excluding tert-OH is 1. The van der Waals surface area contributed by atoms with Gasteiger partial charge in [-0.2, -0.15) is 0 Å². The Morgan fingerprint density at radius 2 is 1.74 bits per heavy atom. The van der Waals surface area contributed by atoms with E-state index in [0.29, 0.717) is 26.2 Å². The molecule has 0 spiro atoms. The number of hydrogen-bond acceptors (Lipinski definition) is 7. The van der Waals surface area contributed by atoms with Gasteiger partial charge in [-0.1, -0.05) is 72.7 Å². The fourth-order valence-corrected chi connectivity index (χ4v) is 5.02. The number of hydrogen-bond donors (Lipinski definition) is 1. The molecule has 2 aromatic heterocycles. The number of ether oxygens (including phenoxy) is 1. The molecule has 1 N–H and O–H groups in total. The van der Waals surface area contributed by atoms with Gasteiger partial charge in [0.15, 0.2) is 0 Å². The predicted molar refractivity (Wildman–Crippen MR) is 147 cm³/mol. The van der Waals surface area contributed by atoms with Crippen molar-refractivity contribution in [2.24, 2.45) is 5.92 Å². The van der Waals surface area contributed by atoms with Crippen molar-refractivity contribution < 1.29 is 18.8 Å². The van der Waals surface area contributed by atoms with E-state index in [1.807, 2.05) is 48.5 Å². The molecule has 38 heavy (non-hydrogen) atoms. The second-order valence-corrected chi connectivity index (χ2v) is 10.3. The van der Waals surface area contributed by atoms with Gasteiger partial charge < -0.3 is 23.7 Å². The third kappa shape index (κ3) is 6.92. The molecule has 1 unspecified atom stereocenters. The van der Waals surface area contributed by atoms with E-state index in [4.69, 9.17) is 13.7 Å². The topological polar surface area (TPSA) is 75.1 Å². The Hall–Kier alpha value is -3.39. The first-order chi connectivity index (χ1) is 18.7. The Bertz CT molecular complexity index is 1220. The molecule has 200 valence electrons. The number of nitrogens with zero attached hydrogens (tertiary/aromatic N) is 3. The number of rotatable bonds is 12. The predicted octanol–water partition coefficient (Wildman–Crippen LogP) is 5.75. The fourth-order valence-electron chi connectivity index (χ4n) is 5.02. The van der Waals surface area contributed by atoms with Crippen molar-refractivity contribution in [3.05, 3.63) is 95.9 Å². The molecule has 7 nitrogen and oxygen atoms in total. The SMILES string of the molecule is CC1CCN(c2onc(-c3ccccc3)c2CN(Cc2ccccc2)CC(O)COCc2ccco2)CC1. The van der Waals surface area contributed by atoms with Crippen molar-refractivity contribution in [3.8, 4) is 11.3 Å². The van der Waals surface area contributed by atoms with Crippen molar-refractivity contribution in [3.63, 3.8) is 0 Å².